The standard InChI is InChI=1S/C24H26Br6N2O4S/c1-3-5-7-15(33)19-13(23(25,26)27)9-11-17(21(19)31)37(35,36)18-12-10-14(24(28,29)30)20(22(18)32)16(34)8-6-4-2/h9-12H,3-8,31-32H2,1-2H3. The summed E-state index contributed by atoms with van der Waals surface area (Å²) in [6.45, 7) is 3.91. The number of nitrogens with two attached hydrogens (primary N) is 2. The van der Waals surface area contributed by atoms with Crippen molar-refractivity contribution in [3.63, 3.8) is 0 Å². The van der Waals surface area contributed by atoms with E-state index in [1.807, 2.05) is 13.8 Å². The van der Waals surface area contributed by atoms with Crippen molar-refractivity contribution in [2.24, 2.45) is 0 Å². The molecule has 0 aliphatic rings. The van der Waals surface area contributed by atoms with Gasteiger partial charge in [-0.05, 0) is 25.0 Å². The molecule has 0 aliphatic carbocycles. The zero-order chi connectivity index (χ0) is 28.3. The van der Waals surface area contributed by atoms with Crippen LogP contribution in [0, 0.1) is 0 Å². The third-order valence-electron chi connectivity index (χ3n) is 5.67. The summed E-state index contributed by atoms with van der Waals surface area (Å²) in [5.74, 6) is -0.564. The van der Waals surface area contributed by atoms with Gasteiger partial charge in [-0.25, -0.2) is 8.42 Å². The van der Waals surface area contributed by atoms with E-state index in [9.17, 15) is 18.0 Å². The van der Waals surface area contributed by atoms with Crippen LogP contribution in [0.3, 0.4) is 0 Å². The number of Topliss-reactive ketones (excluding diaryl/α,β-unsaturated/α-hetero) is 2. The fraction of sp³-hybridized carbons (Fsp3) is 0.417. The van der Waals surface area contributed by atoms with Crippen LogP contribution in [-0.4, -0.2) is 20.0 Å². The second-order valence-electron chi connectivity index (χ2n) is 8.35. The zero-order valence-electron chi connectivity index (χ0n) is 20.0. The van der Waals surface area contributed by atoms with Gasteiger partial charge in [-0.3, -0.25) is 9.59 Å². The molecule has 6 nitrogen and oxygen atoms in total. The largest absolute Gasteiger partial charge is 0.397 e. The van der Waals surface area contributed by atoms with E-state index in [1.54, 1.807) is 0 Å². The normalized spacial score (nSPS) is 12.5. The van der Waals surface area contributed by atoms with Gasteiger partial charge in [0.05, 0.1) is 21.2 Å². The van der Waals surface area contributed by atoms with Crippen LogP contribution < -0.4 is 11.5 Å². The van der Waals surface area contributed by atoms with E-state index in [4.69, 9.17) is 11.5 Å². The van der Waals surface area contributed by atoms with E-state index in [-0.39, 0.29) is 56.7 Å². The lowest BCUT2D eigenvalue weighted by Crippen LogP contribution is -2.19. The van der Waals surface area contributed by atoms with Crippen LogP contribution in [0.15, 0.2) is 34.1 Å². The lowest BCUT2D eigenvalue weighted by molar-refractivity contribution is 0.0971. The highest BCUT2D eigenvalue weighted by atomic mass is 80.0. The smallest absolute Gasteiger partial charge is 0.210 e. The van der Waals surface area contributed by atoms with E-state index in [0.717, 1.165) is 12.8 Å². The molecular weight excluding hydrogens is 892 g/mol. The Morgan fingerprint density at radius 3 is 1.30 bits per heavy atom. The Morgan fingerprint density at radius 1 is 0.703 bits per heavy atom. The first-order valence-electron chi connectivity index (χ1n) is 11.3. The molecule has 2 aromatic rings. The molecule has 0 spiro atoms. The quantitative estimate of drug-likeness (QED) is 0.140. The van der Waals surface area contributed by atoms with Gasteiger partial charge in [0.2, 0.25) is 9.84 Å². The molecule has 37 heavy (non-hydrogen) atoms. The zero-order valence-corrected chi connectivity index (χ0v) is 30.3. The van der Waals surface area contributed by atoms with Crippen LogP contribution in [0.25, 0.3) is 0 Å². The molecular formula is C24H26Br6N2O4S. The SMILES string of the molecule is CCCCC(=O)c1c(C(Br)(Br)Br)ccc(S(=O)(=O)c2ccc(C(Br)(Br)Br)c(C(=O)CCCC)c2N)c1N. The fourth-order valence-corrected chi connectivity index (χ4v) is 7.28. The predicted molar refractivity (Wildman–Crippen MR) is 172 cm³/mol. The number of carbonyl (C=O) groups is 2. The van der Waals surface area contributed by atoms with Crippen LogP contribution in [0.4, 0.5) is 11.4 Å². The molecule has 0 amide bonds. The van der Waals surface area contributed by atoms with Gasteiger partial charge in [-0.2, -0.15) is 0 Å². The van der Waals surface area contributed by atoms with Crippen molar-refractivity contribution in [1.29, 1.82) is 0 Å². The van der Waals surface area contributed by atoms with Crippen molar-refractivity contribution in [2.45, 2.75) is 66.4 Å². The molecule has 13 heteroatoms. The summed E-state index contributed by atoms with van der Waals surface area (Å²) >= 11 is 20.5. The number of benzene rings is 2. The summed E-state index contributed by atoms with van der Waals surface area (Å²) < 4.78 is 25.9. The van der Waals surface area contributed by atoms with E-state index in [0.29, 0.717) is 24.0 Å². The number of halogens is 6. The Hall–Kier alpha value is 0.210. The van der Waals surface area contributed by atoms with Crippen molar-refractivity contribution in [3.05, 3.63) is 46.5 Å². The number of nitrogen functional groups attached to an aromatic ring is 2. The Bertz CT molecular complexity index is 1210. The molecule has 0 unspecified atom stereocenters. The number of anilines is 2. The summed E-state index contributed by atoms with van der Waals surface area (Å²) in [4.78, 5) is 25.8. The van der Waals surface area contributed by atoms with Crippen molar-refractivity contribution in [1.82, 2.24) is 0 Å². The monoisotopic (exact) mass is 912 g/mol. The van der Waals surface area contributed by atoms with Crippen LogP contribution >= 0.6 is 95.6 Å². The number of sulfone groups is 1. The highest BCUT2D eigenvalue weighted by molar-refractivity contribution is 9.39. The highest BCUT2D eigenvalue weighted by Crippen LogP contribution is 2.50. The highest BCUT2D eigenvalue weighted by Gasteiger charge is 2.36. The molecule has 0 fully saturated rings. The number of rotatable bonds is 10. The third kappa shape index (κ3) is 7.70. The van der Waals surface area contributed by atoms with Crippen molar-refractivity contribution in [3.8, 4) is 0 Å². The van der Waals surface area contributed by atoms with Crippen LogP contribution in [0.5, 0.6) is 0 Å². The number of hydrogen-bond donors (Lipinski definition) is 2. The Labute approximate surface area is 268 Å². The van der Waals surface area contributed by atoms with E-state index in [1.165, 1.54) is 24.3 Å². The predicted octanol–water partition coefficient (Wildman–Crippen LogP) is 9.02. The minimum atomic E-state index is -4.32. The number of ketones is 2. The Balaban J connectivity index is 2.84. The van der Waals surface area contributed by atoms with E-state index >= 15 is 0 Å². The molecule has 0 saturated heterocycles. The van der Waals surface area contributed by atoms with Crippen LogP contribution in [0.1, 0.15) is 84.2 Å². The molecule has 2 rings (SSSR count). The van der Waals surface area contributed by atoms with Crippen LogP contribution in [-0.2, 0) is 14.1 Å². The maximum absolute atomic E-state index is 13.9. The lowest BCUT2D eigenvalue weighted by atomic mass is 9.99. The summed E-state index contributed by atoms with van der Waals surface area (Å²) in [6, 6.07) is 5.70. The van der Waals surface area contributed by atoms with Gasteiger partial charge >= 0.3 is 0 Å². The van der Waals surface area contributed by atoms with Gasteiger partial charge in [-0.1, -0.05) is 134 Å². The molecule has 2 aromatic carbocycles. The van der Waals surface area contributed by atoms with Gasteiger partial charge in [0.15, 0.2) is 15.9 Å². The average molecular weight is 918 g/mol. The minimum absolute atomic E-state index is 0.0926. The minimum Gasteiger partial charge on any atom is -0.397 e. The Kier molecular flexibility index (Phi) is 12.0. The molecule has 0 heterocycles. The van der Waals surface area contributed by atoms with Crippen molar-refractivity contribution < 1.29 is 18.0 Å². The molecule has 0 saturated carbocycles. The molecule has 0 atom stereocenters. The fourth-order valence-electron chi connectivity index (χ4n) is 3.79. The first-order chi connectivity index (χ1) is 17.0. The lowest BCUT2D eigenvalue weighted by Gasteiger charge is -2.23. The van der Waals surface area contributed by atoms with Gasteiger partial charge in [0.1, 0.15) is 0 Å². The molecule has 0 radical (unpaired) electrons. The topological polar surface area (TPSA) is 120 Å². The molecule has 204 valence electrons. The third-order valence-corrected chi connectivity index (χ3v) is 10.1. The summed E-state index contributed by atoms with van der Waals surface area (Å²) in [7, 11) is -4.32. The number of unbranched alkanes of at least 4 members (excludes halogenated alkanes) is 2. The van der Waals surface area contributed by atoms with Gasteiger partial charge < -0.3 is 11.5 Å². The maximum Gasteiger partial charge on any atom is 0.210 e. The second kappa shape index (κ2) is 13.2. The van der Waals surface area contributed by atoms with Gasteiger partial charge in [0.25, 0.3) is 0 Å². The molecule has 0 bridgehead atoms. The number of alkyl halides is 6. The van der Waals surface area contributed by atoms with Crippen molar-refractivity contribution >= 4 is 128 Å². The van der Waals surface area contributed by atoms with E-state index in [2.05, 4.69) is 95.6 Å². The molecule has 0 aliphatic heterocycles. The van der Waals surface area contributed by atoms with Gasteiger partial charge in [-0.15, -0.1) is 0 Å². The first-order valence-corrected chi connectivity index (χ1v) is 17.5. The number of hydrogen-bond acceptors (Lipinski definition) is 6. The average Bonchev–Trinajstić information content (AvgIpc) is 2.78. The van der Waals surface area contributed by atoms with Crippen LogP contribution in [0.2, 0.25) is 0 Å². The van der Waals surface area contributed by atoms with Gasteiger partial charge in [0, 0.05) is 35.1 Å². The Morgan fingerprint density at radius 2 is 1.03 bits per heavy atom. The summed E-state index contributed by atoms with van der Waals surface area (Å²) in [5.41, 5.74) is 13.5. The summed E-state index contributed by atoms with van der Waals surface area (Å²) in [6.07, 6.45) is 3.23. The molecule has 0 aromatic heterocycles. The second-order valence-corrected chi connectivity index (χ2v) is 23.8. The van der Waals surface area contributed by atoms with E-state index < -0.39 is 14.1 Å². The molecule has 4 N–H and O–H groups in total. The summed E-state index contributed by atoms with van der Waals surface area (Å²) in [5, 5.41) is 0. The van der Waals surface area contributed by atoms with Crippen molar-refractivity contribution in [2.75, 3.05) is 11.5 Å². The maximum atomic E-state index is 13.9. The number of carbonyl (C=O) groups excluding carboxylic acids is 2. The first kappa shape index (κ1) is 33.4.